The summed E-state index contributed by atoms with van der Waals surface area (Å²) in [5.74, 6) is -0.671. The number of hydrogen-bond donors (Lipinski definition) is 2. The van der Waals surface area contributed by atoms with E-state index >= 15 is 0 Å². The number of amides is 2. The van der Waals surface area contributed by atoms with Crippen molar-refractivity contribution in [2.24, 2.45) is 12.5 Å². The minimum absolute atomic E-state index is 0.0396. The summed E-state index contributed by atoms with van der Waals surface area (Å²) in [5.41, 5.74) is 0.829. The van der Waals surface area contributed by atoms with Crippen molar-refractivity contribution in [2.45, 2.75) is 45.2 Å². The third-order valence-electron chi connectivity index (χ3n) is 6.56. The SMILES string of the molecule is CCOC1=CC(F)C(Cl)C=C1C(=O)NCC(C)(C)CC(=O)Nc1c(CCN(C)C)n(C)n(-c2ccccc2)c1=O. The smallest absolute Gasteiger partial charge is 0.295 e. The van der Waals surface area contributed by atoms with Crippen molar-refractivity contribution in [1.29, 1.82) is 0 Å². The van der Waals surface area contributed by atoms with Crippen molar-refractivity contribution < 1.29 is 18.7 Å². The first-order valence-electron chi connectivity index (χ1n) is 13.3. The lowest BCUT2D eigenvalue weighted by Crippen LogP contribution is -2.38. The molecule has 0 fully saturated rings. The third kappa shape index (κ3) is 7.63. The summed E-state index contributed by atoms with van der Waals surface area (Å²) < 4.78 is 22.8. The average molecular weight is 576 g/mol. The fourth-order valence-corrected chi connectivity index (χ4v) is 4.67. The van der Waals surface area contributed by atoms with E-state index in [-0.39, 0.29) is 48.1 Å². The van der Waals surface area contributed by atoms with Crippen LogP contribution >= 0.6 is 11.6 Å². The molecular weight excluding hydrogens is 537 g/mol. The van der Waals surface area contributed by atoms with Gasteiger partial charge in [-0.15, -0.1) is 11.6 Å². The zero-order valence-electron chi connectivity index (χ0n) is 24.0. The average Bonchev–Trinajstić information content (AvgIpc) is 3.11. The number of likely N-dealkylation sites (N-methyl/N-ethyl adjacent to an activating group) is 1. The van der Waals surface area contributed by atoms with Crippen molar-refractivity contribution in [2.75, 3.05) is 39.1 Å². The highest BCUT2D eigenvalue weighted by Gasteiger charge is 2.30. The lowest BCUT2D eigenvalue weighted by atomic mass is 9.88. The van der Waals surface area contributed by atoms with Crippen LogP contribution < -0.4 is 16.2 Å². The fraction of sp³-hybridized carbons (Fsp3) is 0.483. The Kier molecular flexibility index (Phi) is 10.4. The molecule has 3 rings (SSSR count). The topological polar surface area (TPSA) is 97.6 Å². The minimum atomic E-state index is -1.45. The maximum Gasteiger partial charge on any atom is 0.295 e. The second-order valence-electron chi connectivity index (χ2n) is 10.9. The van der Waals surface area contributed by atoms with Gasteiger partial charge < -0.3 is 20.3 Å². The van der Waals surface area contributed by atoms with E-state index in [0.29, 0.717) is 24.3 Å². The molecule has 2 N–H and O–H groups in total. The molecule has 0 aliphatic heterocycles. The minimum Gasteiger partial charge on any atom is -0.493 e. The lowest BCUT2D eigenvalue weighted by molar-refractivity contribution is -0.120. The first-order chi connectivity index (χ1) is 18.8. The number of para-hydroxylation sites is 1. The van der Waals surface area contributed by atoms with E-state index in [1.165, 1.54) is 12.2 Å². The van der Waals surface area contributed by atoms with E-state index in [2.05, 4.69) is 10.6 Å². The molecule has 0 saturated carbocycles. The predicted molar refractivity (Wildman–Crippen MR) is 156 cm³/mol. The Bertz CT molecular complexity index is 1330. The van der Waals surface area contributed by atoms with Crippen LogP contribution in [0, 0.1) is 5.41 Å². The monoisotopic (exact) mass is 575 g/mol. The Hall–Kier alpha value is -3.37. The van der Waals surface area contributed by atoms with Gasteiger partial charge in [0.15, 0.2) is 0 Å². The second-order valence-corrected chi connectivity index (χ2v) is 11.4. The predicted octanol–water partition coefficient (Wildman–Crippen LogP) is 3.56. The number of ether oxygens (including phenoxy) is 1. The van der Waals surface area contributed by atoms with E-state index < -0.39 is 22.9 Å². The van der Waals surface area contributed by atoms with Crippen LogP contribution in [-0.2, 0) is 27.8 Å². The number of aromatic nitrogens is 2. The lowest BCUT2D eigenvalue weighted by Gasteiger charge is -2.26. The van der Waals surface area contributed by atoms with Crippen molar-refractivity contribution in [3.05, 3.63) is 69.9 Å². The van der Waals surface area contributed by atoms with Crippen LogP contribution in [-0.4, -0.2) is 71.4 Å². The van der Waals surface area contributed by atoms with Gasteiger partial charge in [0.2, 0.25) is 5.91 Å². The molecule has 2 amide bonds. The van der Waals surface area contributed by atoms with Gasteiger partial charge in [-0.2, -0.15) is 0 Å². The molecule has 2 atom stereocenters. The van der Waals surface area contributed by atoms with Crippen molar-refractivity contribution in [3.8, 4) is 5.69 Å². The van der Waals surface area contributed by atoms with Gasteiger partial charge in [0.1, 0.15) is 17.6 Å². The fourth-order valence-electron chi connectivity index (χ4n) is 4.47. The van der Waals surface area contributed by atoms with Crippen LogP contribution in [0.1, 0.15) is 32.9 Å². The number of halogens is 2. The van der Waals surface area contributed by atoms with Crippen molar-refractivity contribution in [1.82, 2.24) is 19.6 Å². The molecule has 1 heterocycles. The summed E-state index contributed by atoms with van der Waals surface area (Å²) >= 11 is 6.01. The Labute approximate surface area is 239 Å². The van der Waals surface area contributed by atoms with E-state index in [0.717, 1.165) is 0 Å². The standard InChI is InChI=1S/C29H39ClFN5O4/c1-7-40-24-16-22(31)21(30)15-20(24)27(38)32-18-29(2,3)17-25(37)33-26-23(13-14-34(4)5)35(6)36(28(26)39)19-11-9-8-10-12-19/h8-12,15-16,21-22H,7,13-14,17-18H2,1-6H3,(H,32,38)(H,33,37). The molecular formula is C29H39ClFN5O4. The maximum absolute atomic E-state index is 14.0. The maximum atomic E-state index is 14.0. The molecule has 2 unspecified atom stereocenters. The van der Waals surface area contributed by atoms with Crippen LogP contribution in [0.2, 0.25) is 0 Å². The molecule has 0 saturated heterocycles. The van der Waals surface area contributed by atoms with E-state index in [1.807, 2.05) is 63.2 Å². The highest BCUT2D eigenvalue weighted by Crippen LogP contribution is 2.27. The number of benzene rings is 1. The molecule has 1 aromatic heterocycles. The Morgan fingerprint density at radius 1 is 1.18 bits per heavy atom. The molecule has 218 valence electrons. The summed E-state index contributed by atoms with van der Waals surface area (Å²) in [4.78, 5) is 41.6. The van der Waals surface area contributed by atoms with Gasteiger partial charge in [-0.05, 0) is 50.7 Å². The van der Waals surface area contributed by atoms with Gasteiger partial charge in [-0.25, -0.2) is 9.07 Å². The van der Waals surface area contributed by atoms with E-state index in [1.54, 1.807) is 23.3 Å². The summed E-state index contributed by atoms with van der Waals surface area (Å²) in [7, 11) is 5.69. The summed E-state index contributed by atoms with van der Waals surface area (Å²) in [6.45, 7) is 6.52. The first kappa shape index (κ1) is 31.2. The highest BCUT2D eigenvalue weighted by molar-refractivity contribution is 6.23. The largest absolute Gasteiger partial charge is 0.493 e. The third-order valence-corrected chi connectivity index (χ3v) is 6.93. The number of alkyl halides is 2. The van der Waals surface area contributed by atoms with Crippen LogP contribution in [0.15, 0.2) is 58.6 Å². The molecule has 11 heteroatoms. The molecule has 1 aromatic carbocycles. The number of carbonyl (C=O) groups is 2. The molecule has 9 nitrogen and oxygen atoms in total. The molecule has 0 bridgehead atoms. The normalized spacial score (nSPS) is 17.3. The summed E-state index contributed by atoms with van der Waals surface area (Å²) in [6.07, 6.45) is 1.68. The van der Waals surface area contributed by atoms with Crippen molar-refractivity contribution >= 4 is 29.1 Å². The van der Waals surface area contributed by atoms with Gasteiger partial charge in [-0.1, -0.05) is 32.0 Å². The molecule has 1 aliphatic carbocycles. The number of hydrogen-bond acceptors (Lipinski definition) is 5. The van der Waals surface area contributed by atoms with Gasteiger partial charge in [-0.3, -0.25) is 19.1 Å². The van der Waals surface area contributed by atoms with Gasteiger partial charge in [0.25, 0.3) is 11.5 Å². The molecule has 0 radical (unpaired) electrons. The summed E-state index contributed by atoms with van der Waals surface area (Å²) in [5, 5.41) is 4.69. The van der Waals surface area contributed by atoms with Crippen LogP contribution in [0.4, 0.5) is 10.1 Å². The Balaban J connectivity index is 1.74. The van der Waals surface area contributed by atoms with Gasteiger partial charge >= 0.3 is 0 Å². The number of carbonyl (C=O) groups excluding carboxylic acids is 2. The number of rotatable bonds is 12. The van der Waals surface area contributed by atoms with Crippen LogP contribution in [0.5, 0.6) is 0 Å². The zero-order valence-corrected chi connectivity index (χ0v) is 24.7. The Morgan fingerprint density at radius 3 is 2.48 bits per heavy atom. The number of nitrogens with one attached hydrogen (secondary N) is 2. The molecule has 1 aliphatic rings. The van der Waals surface area contributed by atoms with Crippen LogP contribution in [0.25, 0.3) is 5.69 Å². The quantitative estimate of drug-likeness (QED) is 0.377. The second kappa shape index (κ2) is 13.3. The van der Waals surface area contributed by atoms with Gasteiger partial charge in [0, 0.05) is 33.0 Å². The van der Waals surface area contributed by atoms with E-state index in [9.17, 15) is 18.8 Å². The molecule has 40 heavy (non-hydrogen) atoms. The molecule has 2 aromatic rings. The number of nitrogens with zero attached hydrogens (tertiary/aromatic N) is 3. The molecule has 0 spiro atoms. The highest BCUT2D eigenvalue weighted by atomic mass is 35.5. The van der Waals surface area contributed by atoms with Gasteiger partial charge in [0.05, 0.1) is 28.9 Å². The number of allylic oxidation sites excluding steroid dienone is 2. The number of anilines is 1. The Morgan fingerprint density at radius 2 is 1.85 bits per heavy atom. The van der Waals surface area contributed by atoms with Crippen molar-refractivity contribution in [3.63, 3.8) is 0 Å². The summed E-state index contributed by atoms with van der Waals surface area (Å²) in [6, 6.07) is 9.25. The van der Waals surface area contributed by atoms with Crippen LogP contribution in [0.3, 0.4) is 0 Å². The zero-order chi connectivity index (χ0) is 29.6. The van der Waals surface area contributed by atoms with E-state index in [4.69, 9.17) is 16.3 Å². The first-order valence-corrected chi connectivity index (χ1v) is 13.7.